The first-order chi connectivity index (χ1) is 17.8. The van der Waals surface area contributed by atoms with Crippen LogP contribution in [0.4, 0.5) is 5.13 Å². The van der Waals surface area contributed by atoms with Crippen LogP contribution in [0.2, 0.25) is 0 Å². The molecule has 2 amide bonds. The first-order valence-electron chi connectivity index (χ1n) is 12.3. The normalized spacial score (nSPS) is 12.9. The van der Waals surface area contributed by atoms with Crippen molar-refractivity contribution in [2.75, 3.05) is 33.1 Å². The standard InChI is InChI=1S/C27H32N6O3S/c1-7-9-18(15-28-4)23-19-11-12-20-25(37-27(30-20)29-16(3)34)24(19)33(31-23)21-13-10-17(26(35)32(5)6)14-22(21)36-8-2/h9-10,13-15H,7-8,11-12H2,1-6H3,(H,29,30,34)/b18-9+,28-15?. The van der Waals surface area contributed by atoms with Gasteiger partial charge in [0.15, 0.2) is 5.13 Å². The van der Waals surface area contributed by atoms with Crippen molar-refractivity contribution in [2.24, 2.45) is 4.99 Å². The summed E-state index contributed by atoms with van der Waals surface area (Å²) in [6.45, 7) is 5.91. The predicted molar refractivity (Wildman–Crippen MR) is 148 cm³/mol. The summed E-state index contributed by atoms with van der Waals surface area (Å²) in [5, 5.41) is 8.48. The number of aromatic nitrogens is 3. The Hall–Kier alpha value is -3.79. The third kappa shape index (κ3) is 5.20. The van der Waals surface area contributed by atoms with Gasteiger partial charge in [-0.1, -0.05) is 24.3 Å². The topological polar surface area (TPSA) is 102 Å². The van der Waals surface area contributed by atoms with Crippen LogP contribution in [0.25, 0.3) is 21.8 Å². The van der Waals surface area contributed by atoms with E-state index in [0.29, 0.717) is 23.1 Å². The van der Waals surface area contributed by atoms with Gasteiger partial charge >= 0.3 is 0 Å². The van der Waals surface area contributed by atoms with E-state index in [2.05, 4.69) is 28.3 Å². The Morgan fingerprint density at radius 2 is 2.05 bits per heavy atom. The average molecular weight is 521 g/mol. The molecule has 0 atom stereocenters. The van der Waals surface area contributed by atoms with E-state index >= 15 is 0 Å². The lowest BCUT2D eigenvalue weighted by molar-refractivity contribution is -0.114. The summed E-state index contributed by atoms with van der Waals surface area (Å²) in [4.78, 5) is 35.8. The summed E-state index contributed by atoms with van der Waals surface area (Å²) >= 11 is 1.44. The Morgan fingerprint density at radius 3 is 2.70 bits per heavy atom. The summed E-state index contributed by atoms with van der Waals surface area (Å²) in [7, 11) is 5.20. The molecule has 10 heteroatoms. The molecule has 0 fully saturated rings. The molecule has 2 aromatic heterocycles. The highest BCUT2D eigenvalue weighted by molar-refractivity contribution is 7.19. The lowest BCUT2D eigenvalue weighted by Crippen LogP contribution is -2.21. The van der Waals surface area contributed by atoms with Crippen LogP contribution in [-0.4, -0.2) is 65.4 Å². The van der Waals surface area contributed by atoms with Gasteiger partial charge in [0.25, 0.3) is 5.91 Å². The Kier molecular flexibility index (Phi) is 7.87. The molecule has 2 heterocycles. The van der Waals surface area contributed by atoms with Crippen LogP contribution in [0.3, 0.4) is 0 Å². The Labute approximate surface area is 220 Å². The predicted octanol–water partition coefficient (Wildman–Crippen LogP) is 4.65. The zero-order chi connectivity index (χ0) is 26.7. The Balaban J connectivity index is 1.99. The van der Waals surface area contributed by atoms with Gasteiger partial charge in [0.05, 0.1) is 28.6 Å². The molecule has 194 valence electrons. The fourth-order valence-electron chi connectivity index (χ4n) is 4.40. The molecule has 1 aliphatic carbocycles. The molecule has 3 aromatic rings. The van der Waals surface area contributed by atoms with Crippen molar-refractivity contribution < 1.29 is 14.3 Å². The summed E-state index contributed by atoms with van der Waals surface area (Å²) in [5.41, 5.74) is 6.02. The molecule has 1 aliphatic rings. The second kappa shape index (κ2) is 11.1. The molecule has 0 saturated heterocycles. The fraction of sp³-hybridized carbons (Fsp3) is 0.370. The monoisotopic (exact) mass is 520 g/mol. The third-order valence-corrected chi connectivity index (χ3v) is 6.92. The highest BCUT2D eigenvalue weighted by Gasteiger charge is 2.31. The van der Waals surface area contributed by atoms with Gasteiger partial charge in [-0.2, -0.15) is 5.10 Å². The number of carbonyl (C=O) groups excluding carboxylic acids is 2. The minimum absolute atomic E-state index is 0.104. The number of aliphatic imine (C=N–C) groups is 1. The molecule has 0 radical (unpaired) electrons. The van der Waals surface area contributed by atoms with Gasteiger partial charge in [0.2, 0.25) is 5.91 Å². The van der Waals surface area contributed by atoms with E-state index in [-0.39, 0.29) is 11.8 Å². The van der Waals surface area contributed by atoms with Crippen LogP contribution in [-0.2, 0) is 17.6 Å². The molecule has 0 unspecified atom stereocenters. The van der Waals surface area contributed by atoms with Crippen molar-refractivity contribution in [1.29, 1.82) is 0 Å². The number of anilines is 1. The van der Waals surface area contributed by atoms with Crippen LogP contribution >= 0.6 is 11.3 Å². The van der Waals surface area contributed by atoms with Crippen molar-refractivity contribution in [2.45, 2.75) is 40.0 Å². The number of fused-ring (bicyclic) bond motifs is 3. The summed E-state index contributed by atoms with van der Waals surface area (Å²) < 4.78 is 7.91. The number of aryl methyl sites for hydroxylation is 1. The number of nitrogens with one attached hydrogen (secondary N) is 1. The fourth-order valence-corrected chi connectivity index (χ4v) is 5.52. The molecule has 0 saturated carbocycles. The first kappa shape index (κ1) is 26.3. The largest absolute Gasteiger partial charge is 0.492 e. The molecule has 1 aromatic carbocycles. The van der Waals surface area contributed by atoms with Crippen LogP contribution in [0.5, 0.6) is 5.75 Å². The van der Waals surface area contributed by atoms with Crippen molar-refractivity contribution in [3.8, 4) is 22.0 Å². The highest BCUT2D eigenvalue weighted by Crippen LogP contribution is 2.44. The molecule has 9 nitrogen and oxygen atoms in total. The van der Waals surface area contributed by atoms with Crippen LogP contribution in [0.1, 0.15) is 54.5 Å². The van der Waals surface area contributed by atoms with E-state index in [1.165, 1.54) is 23.2 Å². The van der Waals surface area contributed by atoms with E-state index in [9.17, 15) is 9.59 Å². The van der Waals surface area contributed by atoms with Gasteiger partial charge < -0.3 is 15.0 Å². The van der Waals surface area contributed by atoms with E-state index in [0.717, 1.165) is 58.0 Å². The molecular formula is C27H32N6O3S. The number of ether oxygens (including phenoxy) is 1. The number of amides is 2. The maximum Gasteiger partial charge on any atom is 0.253 e. The molecular weight excluding hydrogens is 488 g/mol. The minimum Gasteiger partial charge on any atom is -0.492 e. The number of hydrogen-bond acceptors (Lipinski definition) is 7. The molecule has 4 rings (SSSR count). The number of hydrogen-bond donors (Lipinski definition) is 1. The Bertz CT molecular complexity index is 1400. The second-order valence-corrected chi connectivity index (χ2v) is 9.83. The quantitative estimate of drug-likeness (QED) is 0.436. The van der Waals surface area contributed by atoms with E-state index < -0.39 is 0 Å². The number of allylic oxidation sites excluding steroid dienone is 2. The smallest absolute Gasteiger partial charge is 0.253 e. The van der Waals surface area contributed by atoms with Gasteiger partial charge in [0, 0.05) is 51.0 Å². The summed E-state index contributed by atoms with van der Waals surface area (Å²) in [5.74, 6) is 0.302. The molecule has 0 bridgehead atoms. The number of carbonyl (C=O) groups is 2. The van der Waals surface area contributed by atoms with Crippen LogP contribution in [0.15, 0.2) is 29.3 Å². The highest BCUT2D eigenvalue weighted by atomic mass is 32.1. The van der Waals surface area contributed by atoms with Gasteiger partial charge in [-0.15, -0.1) is 0 Å². The van der Waals surface area contributed by atoms with E-state index in [1.54, 1.807) is 33.3 Å². The number of benzene rings is 1. The number of rotatable bonds is 8. The summed E-state index contributed by atoms with van der Waals surface area (Å²) in [6, 6.07) is 5.44. The molecule has 1 N–H and O–H groups in total. The summed E-state index contributed by atoms with van der Waals surface area (Å²) in [6.07, 6.45) is 6.29. The van der Waals surface area contributed by atoms with Crippen LogP contribution < -0.4 is 10.1 Å². The SMILES string of the molecule is CC/C=C(\C=NC)c1nn(-c2ccc(C(=O)N(C)C)cc2OCC)c2c1CCc1nc(NC(C)=O)sc1-2. The van der Waals surface area contributed by atoms with Gasteiger partial charge in [-0.3, -0.25) is 14.6 Å². The van der Waals surface area contributed by atoms with Crippen molar-refractivity contribution in [3.05, 3.63) is 46.8 Å². The van der Waals surface area contributed by atoms with E-state index in [4.69, 9.17) is 9.84 Å². The number of thiazole rings is 1. The van der Waals surface area contributed by atoms with E-state index in [1.807, 2.05) is 23.9 Å². The zero-order valence-electron chi connectivity index (χ0n) is 22.1. The Morgan fingerprint density at radius 1 is 1.27 bits per heavy atom. The lowest BCUT2D eigenvalue weighted by atomic mass is 9.95. The third-order valence-electron chi connectivity index (χ3n) is 5.90. The first-order valence-corrected chi connectivity index (χ1v) is 13.1. The van der Waals surface area contributed by atoms with Crippen molar-refractivity contribution in [1.82, 2.24) is 19.7 Å². The van der Waals surface area contributed by atoms with Crippen molar-refractivity contribution >= 4 is 40.1 Å². The molecule has 0 aliphatic heterocycles. The van der Waals surface area contributed by atoms with Crippen molar-refractivity contribution in [3.63, 3.8) is 0 Å². The molecule has 0 spiro atoms. The maximum atomic E-state index is 12.7. The zero-order valence-corrected chi connectivity index (χ0v) is 22.9. The van der Waals surface area contributed by atoms with Gasteiger partial charge in [0.1, 0.15) is 11.4 Å². The lowest BCUT2D eigenvalue weighted by Gasteiger charge is -2.17. The van der Waals surface area contributed by atoms with Crippen LogP contribution in [0, 0.1) is 0 Å². The minimum atomic E-state index is -0.160. The molecule has 37 heavy (non-hydrogen) atoms. The number of nitrogens with zero attached hydrogens (tertiary/aromatic N) is 5. The maximum absolute atomic E-state index is 12.7. The second-order valence-electron chi connectivity index (χ2n) is 8.83. The van der Waals surface area contributed by atoms with Gasteiger partial charge in [-0.05, 0) is 44.4 Å². The average Bonchev–Trinajstić information content (AvgIpc) is 3.44. The van der Waals surface area contributed by atoms with Gasteiger partial charge in [-0.25, -0.2) is 9.67 Å².